The summed E-state index contributed by atoms with van der Waals surface area (Å²) in [5.74, 6) is 6.66. The minimum atomic E-state index is 0.317. The van der Waals surface area contributed by atoms with Gasteiger partial charge in [-0.25, -0.2) is 0 Å². The van der Waals surface area contributed by atoms with Crippen LogP contribution in [0.15, 0.2) is 17.5 Å². The van der Waals surface area contributed by atoms with Crippen LogP contribution < -0.4 is 11.3 Å². The second-order valence-corrected chi connectivity index (χ2v) is 7.78. The molecule has 0 saturated carbocycles. The quantitative estimate of drug-likeness (QED) is 0.608. The van der Waals surface area contributed by atoms with E-state index in [-0.39, 0.29) is 0 Å². The zero-order chi connectivity index (χ0) is 12.0. The summed E-state index contributed by atoms with van der Waals surface area (Å²) in [6, 6.07) is 4.70. The van der Waals surface area contributed by atoms with Crippen LogP contribution in [0, 0.1) is 0 Å². The van der Waals surface area contributed by atoms with Crippen LogP contribution in [0.2, 0.25) is 0 Å². The summed E-state index contributed by atoms with van der Waals surface area (Å²) in [4.78, 5) is 1.45. The van der Waals surface area contributed by atoms with E-state index in [1.54, 1.807) is 0 Å². The number of hydrogen-bond acceptors (Lipinski definition) is 4. The molecule has 0 aromatic carbocycles. The zero-order valence-electron chi connectivity index (χ0n) is 10.3. The van der Waals surface area contributed by atoms with Crippen molar-refractivity contribution >= 4 is 23.1 Å². The minimum Gasteiger partial charge on any atom is -0.271 e. The highest BCUT2D eigenvalue weighted by atomic mass is 32.2. The van der Waals surface area contributed by atoms with Crippen LogP contribution >= 0.6 is 23.1 Å². The van der Waals surface area contributed by atoms with Gasteiger partial charge in [0.25, 0.3) is 0 Å². The number of aryl methyl sites for hydroxylation is 1. The molecule has 0 radical (unpaired) electrons. The van der Waals surface area contributed by atoms with Gasteiger partial charge in [-0.15, -0.1) is 11.3 Å². The number of nitrogens with two attached hydrogens (primary N) is 1. The summed E-state index contributed by atoms with van der Waals surface area (Å²) in [6.07, 6.45) is 2.23. The van der Waals surface area contributed by atoms with Crippen molar-refractivity contribution in [2.45, 2.75) is 44.4 Å². The number of nitrogens with one attached hydrogen (secondary N) is 1. The topological polar surface area (TPSA) is 38.0 Å². The summed E-state index contributed by atoms with van der Waals surface area (Å²) in [6.45, 7) is 6.72. The molecule has 0 spiro atoms. The fourth-order valence-corrected chi connectivity index (χ4v) is 3.03. The van der Waals surface area contributed by atoms with Gasteiger partial charge in [0, 0.05) is 21.4 Å². The molecule has 0 saturated heterocycles. The summed E-state index contributed by atoms with van der Waals surface area (Å²) < 4.78 is 0.317. The van der Waals surface area contributed by atoms with Gasteiger partial charge in [-0.3, -0.25) is 11.3 Å². The molecule has 0 bridgehead atoms. The van der Waals surface area contributed by atoms with Gasteiger partial charge >= 0.3 is 0 Å². The third-order valence-electron chi connectivity index (χ3n) is 2.27. The third-order valence-corrected chi connectivity index (χ3v) is 4.64. The van der Waals surface area contributed by atoms with Crippen LogP contribution in [0.25, 0.3) is 0 Å². The van der Waals surface area contributed by atoms with Gasteiger partial charge in [-0.05, 0) is 24.3 Å². The molecule has 1 atom stereocenters. The molecule has 1 aromatic rings. The van der Waals surface area contributed by atoms with Gasteiger partial charge in [-0.1, -0.05) is 26.8 Å². The smallest absolute Gasteiger partial charge is 0.0304 e. The van der Waals surface area contributed by atoms with Crippen LogP contribution in [-0.4, -0.2) is 16.5 Å². The van der Waals surface area contributed by atoms with E-state index < -0.39 is 0 Å². The van der Waals surface area contributed by atoms with Crippen LogP contribution in [0.1, 0.15) is 32.1 Å². The Morgan fingerprint density at radius 3 is 2.75 bits per heavy atom. The first-order valence-corrected chi connectivity index (χ1v) is 7.50. The van der Waals surface area contributed by atoms with Gasteiger partial charge in [0.05, 0.1) is 0 Å². The molecule has 2 nitrogen and oxygen atoms in total. The predicted molar refractivity (Wildman–Crippen MR) is 76.0 cm³/mol. The molecule has 92 valence electrons. The van der Waals surface area contributed by atoms with Crippen molar-refractivity contribution < 1.29 is 0 Å². The van der Waals surface area contributed by atoms with E-state index in [0.29, 0.717) is 10.8 Å². The van der Waals surface area contributed by atoms with Crippen molar-refractivity contribution in [3.05, 3.63) is 22.4 Å². The lowest BCUT2D eigenvalue weighted by Crippen LogP contribution is -2.38. The molecular formula is C12H22N2S2. The van der Waals surface area contributed by atoms with E-state index in [9.17, 15) is 0 Å². The number of rotatable bonds is 6. The van der Waals surface area contributed by atoms with E-state index >= 15 is 0 Å². The van der Waals surface area contributed by atoms with E-state index in [0.717, 1.165) is 18.6 Å². The lowest BCUT2D eigenvalue weighted by Gasteiger charge is -2.22. The normalized spacial score (nSPS) is 14.0. The molecule has 1 aromatic heterocycles. The molecule has 0 aliphatic heterocycles. The Labute approximate surface area is 107 Å². The summed E-state index contributed by atoms with van der Waals surface area (Å²) in [7, 11) is 0. The Balaban J connectivity index is 2.27. The van der Waals surface area contributed by atoms with Crippen LogP contribution in [0.4, 0.5) is 0 Å². The highest BCUT2D eigenvalue weighted by Crippen LogP contribution is 2.24. The Morgan fingerprint density at radius 2 is 2.25 bits per heavy atom. The zero-order valence-corrected chi connectivity index (χ0v) is 12.0. The first-order chi connectivity index (χ1) is 7.51. The molecule has 16 heavy (non-hydrogen) atoms. The first kappa shape index (κ1) is 14.0. The molecule has 1 unspecified atom stereocenters. The molecule has 0 amide bonds. The lowest BCUT2D eigenvalue weighted by atomic mass is 10.2. The molecule has 0 aliphatic carbocycles. The third kappa shape index (κ3) is 5.89. The maximum Gasteiger partial charge on any atom is 0.0304 e. The van der Waals surface area contributed by atoms with Crippen molar-refractivity contribution in [1.82, 2.24) is 5.43 Å². The maximum atomic E-state index is 5.58. The molecule has 3 N–H and O–H groups in total. The van der Waals surface area contributed by atoms with Gasteiger partial charge < -0.3 is 0 Å². The van der Waals surface area contributed by atoms with Crippen molar-refractivity contribution in [2.75, 3.05) is 5.75 Å². The summed E-state index contributed by atoms with van der Waals surface area (Å²) in [5, 5.41) is 2.13. The van der Waals surface area contributed by atoms with Crippen LogP contribution in [0.5, 0.6) is 0 Å². The number of thiophene rings is 1. The highest BCUT2D eigenvalue weighted by molar-refractivity contribution is 8.00. The number of hydrazine groups is 1. The Bertz CT molecular complexity index is 278. The molecule has 1 rings (SSSR count). The standard InChI is InChI=1S/C12H22N2S2/c1-12(2,3)16-9-10(14-13)6-7-11-5-4-8-15-11/h4-5,8,10,14H,6-7,9,13H2,1-3H3. The molecule has 0 aliphatic rings. The fraction of sp³-hybridized carbons (Fsp3) is 0.667. The Hall–Kier alpha value is -0.0300. The second-order valence-electron chi connectivity index (χ2n) is 4.91. The second kappa shape index (κ2) is 6.64. The van der Waals surface area contributed by atoms with Crippen molar-refractivity contribution in [1.29, 1.82) is 0 Å². The maximum absolute atomic E-state index is 5.58. The summed E-state index contributed by atoms with van der Waals surface area (Å²) >= 11 is 3.79. The average Bonchev–Trinajstić information content (AvgIpc) is 2.69. The van der Waals surface area contributed by atoms with Gasteiger partial charge in [0.15, 0.2) is 0 Å². The average molecular weight is 258 g/mol. The minimum absolute atomic E-state index is 0.317. The molecule has 4 heteroatoms. The SMILES string of the molecule is CC(C)(C)SCC(CCc1cccs1)NN. The van der Waals surface area contributed by atoms with Crippen LogP contribution in [-0.2, 0) is 6.42 Å². The molecule has 1 heterocycles. The summed E-state index contributed by atoms with van der Waals surface area (Å²) in [5.41, 5.74) is 2.92. The van der Waals surface area contributed by atoms with E-state index in [2.05, 4.69) is 43.7 Å². The Kier molecular flexibility index (Phi) is 5.83. The molecular weight excluding hydrogens is 236 g/mol. The van der Waals surface area contributed by atoms with Gasteiger partial charge in [0.2, 0.25) is 0 Å². The molecule has 0 fully saturated rings. The highest BCUT2D eigenvalue weighted by Gasteiger charge is 2.14. The van der Waals surface area contributed by atoms with E-state index in [1.165, 1.54) is 4.88 Å². The monoisotopic (exact) mass is 258 g/mol. The first-order valence-electron chi connectivity index (χ1n) is 5.64. The van der Waals surface area contributed by atoms with Crippen molar-refractivity contribution in [3.63, 3.8) is 0 Å². The van der Waals surface area contributed by atoms with Crippen molar-refractivity contribution in [3.8, 4) is 0 Å². The van der Waals surface area contributed by atoms with Crippen molar-refractivity contribution in [2.24, 2.45) is 5.84 Å². The number of hydrogen-bond donors (Lipinski definition) is 2. The lowest BCUT2D eigenvalue weighted by molar-refractivity contribution is 0.539. The van der Waals surface area contributed by atoms with Gasteiger partial charge in [0.1, 0.15) is 0 Å². The van der Waals surface area contributed by atoms with Crippen LogP contribution in [0.3, 0.4) is 0 Å². The predicted octanol–water partition coefficient (Wildman–Crippen LogP) is 3.04. The largest absolute Gasteiger partial charge is 0.271 e. The van der Waals surface area contributed by atoms with E-state index in [1.807, 2.05) is 23.1 Å². The fourth-order valence-electron chi connectivity index (χ4n) is 1.34. The van der Waals surface area contributed by atoms with E-state index in [4.69, 9.17) is 5.84 Å². The Morgan fingerprint density at radius 1 is 1.50 bits per heavy atom. The van der Waals surface area contributed by atoms with Gasteiger partial charge in [-0.2, -0.15) is 11.8 Å². The number of thioether (sulfide) groups is 1.